The van der Waals surface area contributed by atoms with Crippen molar-refractivity contribution in [3.05, 3.63) is 46.1 Å². The van der Waals surface area contributed by atoms with Gasteiger partial charge in [-0.15, -0.1) is 0 Å². The van der Waals surface area contributed by atoms with Gasteiger partial charge in [-0.1, -0.05) is 35.0 Å². The number of nitrogens with zero attached hydrogens (tertiary/aromatic N) is 2. The van der Waals surface area contributed by atoms with Crippen LogP contribution in [0.2, 0.25) is 0 Å². The molecule has 0 aromatic heterocycles. The van der Waals surface area contributed by atoms with Crippen LogP contribution < -0.4 is 5.32 Å². The number of likely N-dealkylation sites (tertiary alicyclic amines) is 1. The third kappa shape index (κ3) is 5.40. The van der Waals surface area contributed by atoms with Gasteiger partial charge in [-0.25, -0.2) is 0 Å². The molecule has 23 heavy (non-hydrogen) atoms. The van der Waals surface area contributed by atoms with Gasteiger partial charge in [0, 0.05) is 30.3 Å². The molecule has 1 aliphatic heterocycles. The Morgan fingerprint density at radius 3 is 2.87 bits per heavy atom. The van der Waals surface area contributed by atoms with Crippen molar-refractivity contribution in [2.45, 2.75) is 26.2 Å². The average molecular weight is 376 g/mol. The minimum absolute atomic E-state index is 0.158. The van der Waals surface area contributed by atoms with E-state index in [1.54, 1.807) is 11.1 Å². The Balaban J connectivity index is 1.84. The summed E-state index contributed by atoms with van der Waals surface area (Å²) in [5.74, 6) is 0.506. The Bertz CT molecular complexity index is 613. The number of nitriles is 1. The second-order valence-corrected chi connectivity index (χ2v) is 6.89. The highest BCUT2D eigenvalue weighted by molar-refractivity contribution is 9.10. The van der Waals surface area contributed by atoms with Gasteiger partial charge in [-0.05, 0) is 42.9 Å². The third-order valence-electron chi connectivity index (χ3n) is 4.12. The van der Waals surface area contributed by atoms with Crippen LogP contribution in [0.5, 0.6) is 0 Å². The van der Waals surface area contributed by atoms with Gasteiger partial charge in [0.2, 0.25) is 0 Å². The molecule has 0 atom stereocenters. The number of rotatable bonds is 5. The predicted octanol–water partition coefficient (Wildman–Crippen LogP) is 3.25. The van der Waals surface area contributed by atoms with E-state index in [-0.39, 0.29) is 11.5 Å². The summed E-state index contributed by atoms with van der Waals surface area (Å²) in [4.78, 5) is 14.1. The van der Waals surface area contributed by atoms with E-state index in [9.17, 15) is 10.1 Å². The smallest absolute Gasteiger partial charge is 0.265 e. The zero-order chi connectivity index (χ0) is 16.7. The van der Waals surface area contributed by atoms with E-state index in [1.807, 2.05) is 18.2 Å². The number of nitrogens with one attached hydrogen (secondary N) is 1. The van der Waals surface area contributed by atoms with Crippen LogP contribution in [-0.2, 0) is 11.2 Å². The number of piperidine rings is 1. The van der Waals surface area contributed by atoms with Crippen LogP contribution in [0.1, 0.15) is 25.3 Å². The third-order valence-corrected chi connectivity index (χ3v) is 4.61. The summed E-state index contributed by atoms with van der Waals surface area (Å²) in [6.07, 6.45) is 4.42. The van der Waals surface area contributed by atoms with Gasteiger partial charge in [0.25, 0.3) is 5.91 Å². The van der Waals surface area contributed by atoms with Gasteiger partial charge in [-0.3, -0.25) is 4.79 Å². The van der Waals surface area contributed by atoms with Crippen molar-refractivity contribution in [2.24, 2.45) is 5.92 Å². The molecule has 0 saturated carbocycles. The molecule has 5 heteroatoms. The molecule has 1 aromatic carbocycles. The highest BCUT2D eigenvalue weighted by Gasteiger charge is 2.22. The van der Waals surface area contributed by atoms with Crippen LogP contribution in [0.15, 0.2) is 40.5 Å². The van der Waals surface area contributed by atoms with E-state index in [1.165, 1.54) is 5.56 Å². The maximum Gasteiger partial charge on any atom is 0.265 e. The lowest BCUT2D eigenvalue weighted by Crippen LogP contribution is -2.38. The topological polar surface area (TPSA) is 56.1 Å². The van der Waals surface area contributed by atoms with E-state index >= 15 is 0 Å². The van der Waals surface area contributed by atoms with Crippen molar-refractivity contribution < 1.29 is 4.79 Å². The Morgan fingerprint density at radius 1 is 1.48 bits per heavy atom. The number of carbonyl (C=O) groups is 1. The zero-order valence-electron chi connectivity index (χ0n) is 13.4. The molecule has 1 N–H and O–H groups in total. The first kappa shape index (κ1) is 17.6. The summed E-state index contributed by atoms with van der Waals surface area (Å²) in [6, 6.07) is 10.1. The van der Waals surface area contributed by atoms with Crippen molar-refractivity contribution in [1.29, 1.82) is 5.26 Å². The van der Waals surface area contributed by atoms with Crippen LogP contribution in [0.4, 0.5) is 0 Å². The molecule has 122 valence electrons. The molecular formula is C18H22BrN3O. The van der Waals surface area contributed by atoms with Crippen molar-refractivity contribution in [3.63, 3.8) is 0 Å². The van der Waals surface area contributed by atoms with E-state index < -0.39 is 0 Å². The van der Waals surface area contributed by atoms with Crippen LogP contribution >= 0.6 is 15.9 Å². The average Bonchev–Trinajstić information content (AvgIpc) is 2.55. The van der Waals surface area contributed by atoms with Crippen LogP contribution in [0.3, 0.4) is 0 Å². The molecule has 1 aliphatic rings. The van der Waals surface area contributed by atoms with Crippen molar-refractivity contribution in [2.75, 3.05) is 19.6 Å². The van der Waals surface area contributed by atoms with Crippen molar-refractivity contribution >= 4 is 21.8 Å². The lowest BCUT2D eigenvalue weighted by atomic mass is 9.99. The van der Waals surface area contributed by atoms with Crippen molar-refractivity contribution in [1.82, 2.24) is 10.2 Å². The van der Waals surface area contributed by atoms with Gasteiger partial charge in [0.05, 0.1) is 0 Å². The molecule has 1 saturated heterocycles. The van der Waals surface area contributed by atoms with E-state index in [4.69, 9.17) is 0 Å². The van der Waals surface area contributed by atoms with Crippen LogP contribution in [0, 0.1) is 17.2 Å². The first-order chi connectivity index (χ1) is 11.1. The van der Waals surface area contributed by atoms with Crippen molar-refractivity contribution in [3.8, 4) is 6.07 Å². The summed E-state index contributed by atoms with van der Waals surface area (Å²) in [5, 5.41) is 12.3. The highest BCUT2D eigenvalue weighted by Crippen LogP contribution is 2.17. The SMILES string of the molecule is CC1CCN(C(=O)/C(C#N)=C\NCCc2cccc(Br)c2)CC1. The maximum atomic E-state index is 12.3. The number of benzene rings is 1. The zero-order valence-corrected chi connectivity index (χ0v) is 15.0. The van der Waals surface area contributed by atoms with Gasteiger partial charge in [0.1, 0.15) is 11.6 Å². The molecule has 1 aromatic rings. The molecule has 4 nitrogen and oxygen atoms in total. The molecule has 0 radical (unpaired) electrons. The van der Waals surface area contributed by atoms with Gasteiger partial charge in [0.15, 0.2) is 0 Å². The molecule has 0 spiro atoms. The standard InChI is InChI=1S/C18H22BrN3O/c1-14-6-9-22(10-7-14)18(23)16(12-20)13-21-8-5-15-3-2-4-17(19)11-15/h2-4,11,13-14,21H,5-10H2,1H3/b16-13-. The Hall–Kier alpha value is -1.80. The lowest BCUT2D eigenvalue weighted by molar-refractivity contribution is -0.128. The summed E-state index contributed by atoms with van der Waals surface area (Å²) in [6.45, 7) is 4.38. The molecule has 1 amide bonds. The monoisotopic (exact) mass is 375 g/mol. The number of halogens is 1. The molecule has 2 rings (SSSR count). The van der Waals surface area contributed by atoms with E-state index in [2.05, 4.69) is 40.3 Å². The fourth-order valence-electron chi connectivity index (χ4n) is 2.61. The fourth-order valence-corrected chi connectivity index (χ4v) is 3.05. The van der Waals surface area contributed by atoms with E-state index in [0.717, 1.165) is 36.8 Å². The van der Waals surface area contributed by atoms with Gasteiger partial charge < -0.3 is 10.2 Å². The molecule has 0 aliphatic carbocycles. The molecular weight excluding hydrogens is 354 g/mol. The molecule has 0 unspecified atom stereocenters. The minimum Gasteiger partial charge on any atom is -0.389 e. The second kappa shape index (κ2) is 8.73. The summed E-state index contributed by atoms with van der Waals surface area (Å²) in [5.41, 5.74) is 1.39. The largest absolute Gasteiger partial charge is 0.389 e. The minimum atomic E-state index is -0.158. The molecule has 1 heterocycles. The first-order valence-electron chi connectivity index (χ1n) is 7.97. The lowest BCUT2D eigenvalue weighted by Gasteiger charge is -2.30. The quantitative estimate of drug-likeness (QED) is 0.488. The number of carbonyl (C=O) groups excluding carboxylic acids is 1. The Morgan fingerprint density at radius 2 is 2.22 bits per heavy atom. The van der Waals surface area contributed by atoms with Gasteiger partial charge >= 0.3 is 0 Å². The van der Waals surface area contributed by atoms with Crippen LogP contribution in [0.25, 0.3) is 0 Å². The summed E-state index contributed by atoms with van der Waals surface area (Å²) in [7, 11) is 0. The number of amides is 1. The first-order valence-corrected chi connectivity index (χ1v) is 8.77. The maximum absolute atomic E-state index is 12.3. The predicted molar refractivity (Wildman–Crippen MR) is 94.5 cm³/mol. The fraction of sp³-hybridized carbons (Fsp3) is 0.444. The van der Waals surface area contributed by atoms with E-state index in [0.29, 0.717) is 12.5 Å². The Kier molecular flexibility index (Phi) is 6.66. The summed E-state index contributed by atoms with van der Waals surface area (Å²) < 4.78 is 1.05. The van der Waals surface area contributed by atoms with Gasteiger partial charge in [-0.2, -0.15) is 5.26 Å². The van der Waals surface area contributed by atoms with Crippen LogP contribution in [-0.4, -0.2) is 30.4 Å². The Labute approximate surface area is 146 Å². The molecule has 0 bridgehead atoms. The summed E-state index contributed by atoms with van der Waals surface area (Å²) >= 11 is 3.45. The normalized spacial score (nSPS) is 16.0. The molecule has 1 fully saturated rings. The number of hydrogen-bond donors (Lipinski definition) is 1. The highest BCUT2D eigenvalue weighted by atomic mass is 79.9. The second-order valence-electron chi connectivity index (χ2n) is 5.98. The number of hydrogen-bond acceptors (Lipinski definition) is 3.